The normalized spacial score (nSPS) is 23.7. The Kier molecular flexibility index (Phi) is 3.70. The largest absolute Gasteiger partial charge is 0.396 e. The van der Waals surface area contributed by atoms with Gasteiger partial charge in [0.1, 0.15) is 0 Å². The molecular weight excluding hydrogens is 308 g/mol. The van der Waals surface area contributed by atoms with Gasteiger partial charge in [-0.05, 0) is 53.6 Å². The molecule has 102 valence electrons. The van der Waals surface area contributed by atoms with Crippen molar-refractivity contribution in [2.24, 2.45) is 5.92 Å². The van der Waals surface area contributed by atoms with Crippen LogP contribution in [0.3, 0.4) is 0 Å². The van der Waals surface area contributed by atoms with Gasteiger partial charge in [0, 0.05) is 23.3 Å². The second kappa shape index (κ2) is 5.46. The van der Waals surface area contributed by atoms with E-state index in [1.807, 2.05) is 23.0 Å². The third kappa shape index (κ3) is 2.74. The molecule has 1 saturated carbocycles. The standard InChI is InChI=1S/C13H17BrN4O/c14-11-5-6-18-12(11)7-15-13(17-18)16-10-3-1-9(8-19)2-4-10/h5-7,9-10,19H,1-4,8H2,(H,16,17)/t9-,10+. The first kappa shape index (κ1) is 12.9. The highest BCUT2D eigenvalue weighted by molar-refractivity contribution is 9.10. The molecule has 2 aromatic rings. The molecule has 2 heterocycles. The van der Waals surface area contributed by atoms with Crippen molar-refractivity contribution in [3.8, 4) is 0 Å². The summed E-state index contributed by atoms with van der Waals surface area (Å²) in [6, 6.07) is 2.37. The van der Waals surface area contributed by atoms with Gasteiger partial charge in [0.05, 0.1) is 11.7 Å². The minimum Gasteiger partial charge on any atom is -0.396 e. The molecule has 2 aromatic heterocycles. The highest BCUT2D eigenvalue weighted by Gasteiger charge is 2.21. The minimum atomic E-state index is 0.312. The van der Waals surface area contributed by atoms with Crippen LogP contribution in [0.1, 0.15) is 25.7 Å². The van der Waals surface area contributed by atoms with Gasteiger partial charge in [0.15, 0.2) is 0 Å². The molecule has 3 rings (SSSR count). The highest BCUT2D eigenvalue weighted by atomic mass is 79.9. The van der Waals surface area contributed by atoms with Crippen LogP contribution in [0, 0.1) is 5.92 Å². The Morgan fingerprint density at radius 3 is 2.89 bits per heavy atom. The lowest BCUT2D eigenvalue weighted by Gasteiger charge is -2.27. The molecule has 0 radical (unpaired) electrons. The molecule has 19 heavy (non-hydrogen) atoms. The van der Waals surface area contributed by atoms with Crippen molar-refractivity contribution in [3.63, 3.8) is 0 Å². The van der Waals surface area contributed by atoms with Gasteiger partial charge in [-0.2, -0.15) is 0 Å². The lowest BCUT2D eigenvalue weighted by atomic mass is 9.87. The molecule has 1 aliphatic rings. The van der Waals surface area contributed by atoms with E-state index in [1.165, 1.54) is 0 Å². The summed E-state index contributed by atoms with van der Waals surface area (Å²) in [6.45, 7) is 0.312. The van der Waals surface area contributed by atoms with Gasteiger partial charge in [0.2, 0.25) is 5.95 Å². The molecule has 5 nitrogen and oxygen atoms in total. The number of hydrogen-bond donors (Lipinski definition) is 2. The Labute approximate surface area is 120 Å². The predicted octanol–water partition coefficient (Wildman–Crippen LogP) is 2.45. The average molecular weight is 325 g/mol. The zero-order valence-electron chi connectivity index (χ0n) is 10.6. The van der Waals surface area contributed by atoms with Crippen molar-refractivity contribution in [1.82, 2.24) is 14.6 Å². The maximum absolute atomic E-state index is 9.13. The van der Waals surface area contributed by atoms with Crippen molar-refractivity contribution in [2.75, 3.05) is 11.9 Å². The molecule has 0 saturated heterocycles. The summed E-state index contributed by atoms with van der Waals surface area (Å²) in [6.07, 6.45) is 8.02. The lowest BCUT2D eigenvalue weighted by Crippen LogP contribution is -2.28. The van der Waals surface area contributed by atoms with E-state index in [1.54, 1.807) is 0 Å². The zero-order valence-corrected chi connectivity index (χ0v) is 12.2. The summed E-state index contributed by atoms with van der Waals surface area (Å²) in [7, 11) is 0. The summed E-state index contributed by atoms with van der Waals surface area (Å²) >= 11 is 3.46. The summed E-state index contributed by atoms with van der Waals surface area (Å²) in [5, 5.41) is 17.0. The van der Waals surface area contributed by atoms with Crippen LogP contribution in [-0.4, -0.2) is 32.4 Å². The predicted molar refractivity (Wildman–Crippen MR) is 77.1 cm³/mol. The maximum Gasteiger partial charge on any atom is 0.241 e. The van der Waals surface area contributed by atoms with Crippen LogP contribution >= 0.6 is 15.9 Å². The Bertz CT molecular complexity index is 563. The molecule has 0 spiro atoms. The third-order valence-corrected chi connectivity index (χ3v) is 4.47. The Balaban J connectivity index is 1.68. The molecule has 0 aromatic carbocycles. The average Bonchev–Trinajstić information content (AvgIpc) is 2.81. The number of anilines is 1. The second-order valence-electron chi connectivity index (χ2n) is 5.12. The molecule has 0 amide bonds. The van der Waals surface area contributed by atoms with Crippen molar-refractivity contribution < 1.29 is 5.11 Å². The summed E-state index contributed by atoms with van der Waals surface area (Å²) in [5.74, 6) is 1.14. The number of fused-ring (bicyclic) bond motifs is 1. The van der Waals surface area contributed by atoms with Gasteiger partial charge in [-0.15, -0.1) is 5.10 Å². The zero-order chi connectivity index (χ0) is 13.2. The molecule has 6 heteroatoms. The SMILES string of the molecule is OC[C@H]1CC[C@@H](Nc2ncc3c(Br)ccn3n2)CC1. The maximum atomic E-state index is 9.13. The molecule has 0 aliphatic heterocycles. The van der Waals surface area contributed by atoms with Crippen molar-refractivity contribution in [1.29, 1.82) is 0 Å². The van der Waals surface area contributed by atoms with Crippen LogP contribution < -0.4 is 5.32 Å². The fourth-order valence-electron chi connectivity index (χ4n) is 2.61. The van der Waals surface area contributed by atoms with Gasteiger partial charge in [-0.25, -0.2) is 9.50 Å². The van der Waals surface area contributed by atoms with Crippen LogP contribution in [0.25, 0.3) is 5.52 Å². The van der Waals surface area contributed by atoms with Crippen LogP contribution in [0.5, 0.6) is 0 Å². The first-order valence-electron chi connectivity index (χ1n) is 6.63. The first-order valence-corrected chi connectivity index (χ1v) is 7.43. The van der Waals surface area contributed by atoms with Gasteiger partial charge >= 0.3 is 0 Å². The number of rotatable bonds is 3. The first-order chi connectivity index (χ1) is 9.26. The number of aliphatic hydroxyl groups is 1. The van der Waals surface area contributed by atoms with Gasteiger partial charge in [-0.1, -0.05) is 0 Å². The number of hydrogen-bond acceptors (Lipinski definition) is 4. The van der Waals surface area contributed by atoms with Crippen LogP contribution in [-0.2, 0) is 0 Å². The van der Waals surface area contributed by atoms with E-state index in [4.69, 9.17) is 5.11 Å². The van der Waals surface area contributed by atoms with E-state index in [9.17, 15) is 0 Å². The molecular formula is C13H17BrN4O. The van der Waals surface area contributed by atoms with E-state index in [0.717, 1.165) is 35.7 Å². The second-order valence-corrected chi connectivity index (χ2v) is 5.97. The monoisotopic (exact) mass is 324 g/mol. The molecule has 2 N–H and O–H groups in total. The Hall–Kier alpha value is -1.14. The lowest BCUT2D eigenvalue weighted by molar-refractivity contribution is 0.185. The summed E-state index contributed by atoms with van der Waals surface area (Å²) in [5.41, 5.74) is 0.967. The summed E-state index contributed by atoms with van der Waals surface area (Å²) < 4.78 is 2.82. The minimum absolute atomic E-state index is 0.312. The van der Waals surface area contributed by atoms with Crippen molar-refractivity contribution in [3.05, 3.63) is 22.9 Å². The van der Waals surface area contributed by atoms with Gasteiger partial charge in [0.25, 0.3) is 0 Å². The number of nitrogens with one attached hydrogen (secondary N) is 1. The van der Waals surface area contributed by atoms with E-state index in [0.29, 0.717) is 24.5 Å². The number of aliphatic hydroxyl groups excluding tert-OH is 1. The molecule has 1 aliphatic carbocycles. The fourth-order valence-corrected chi connectivity index (χ4v) is 3.01. The topological polar surface area (TPSA) is 62.5 Å². The Morgan fingerprint density at radius 1 is 1.37 bits per heavy atom. The third-order valence-electron chi connectivity index (χ3n) is 3.80. The smallest absolute Gasteiger partial charge is 0.241 e. The highest BCUT2D eigenvalue weighted by Crippen LogP contribution is 2.25. The van der Waals surface area contributed by atoms with Gasteiger partial charge in [-0.3, -0.25) is 0 Å². The van der Waals surface area contributed by atoms with Crippen LogP contribution in [0.15, 0.2) is 22.9 Å². The fraction of sp³-hybridized carbons (Fsp3) is 0.538. The number of aromatic nitrogens is 3. The van der Waals surface area contributed by atoms with Crippen LogP contribution in [0.4, 0.5) is 5.95 Å². The van der Waals surface area contributed by atoms with E-state index >= 15 is 0 Å². The van der Waals surface area contributed by atoms with Crippen LogP contribution in [0.2, 0.25) is 0 Å². The van der Waals surface area contributed by atoms with E-state index in [2.05, 4.69) is 31.3 Å². The number of halogens is 1. The summed E-state index contributed by atoms with van der Waals surface area (Å²) in [4.78, 5) is 4.35. The van der Waals surface area contributed by atoms with Crippen molar-refractivity contribution in [2.45, 2.75) is 31.7 Å². The Morgan fingerprint density at radius 2 is 2.16 bits per heavy atom. The van der Waals surface area contributed by atoms with E-state index in [-0.39, 0.29) is 0 Å². The van der Waals surface area contributed by atoms with Crippen molar-refractivity contribution >= 4 is 27.4 Å². The van der Waals surface area contributed by atoms with Gasteiger partial charge < -0.3 is 10.4 Å². The van der Waals surface area contributed by atoms with E-state index < -0.39 is 0 Å². The molecule has 1 fully saturated rings. The quantitative estimate of drug-likeness (QED) is 0.910. The molecule has 0 atom stereocenters. The number of nitrogens with zero attached hydrogens (tertiary/aromatic N) is 3. The molecule has 0 bridgehead atoms. The molecule has 0 unspecified atom stereocenters.